The van der Waals surface area contributed by atoms with Crippen molar-refractivity contribution in [2.75, 3.05) is 5.32 Å². The standard InChI is InChI=1S/C15H9ClF3N3O/c16-9-2-4-10(5-3-9)20-13(23)8-1-6-11-12(7-8)22-14(21-11)15(17,18)19/h1-7H,(H,20,23)(H,21,22). The highest BCUT2D eigenvalue weighted by Crippen LogP contribution is 2.28. The number of H-pyrrole nitrogens is 1. The van der Waals surface area contributed by atoms with Gasteiger partial charge in [-0.15, -0.1) is 0 Å². The minimum atomic E-state index is -4.56. The molecule has 0 bridgehead atoms. The Bertz CT molecular complexity index is 872. The Labute approximate surface area is 133 Å². The topological polar surface area (TPSA) is 57.8 Å². The van der Waals surface area contributed by atoms with Gasteiger partial charge in [0.05, 0.1) is 11.0 Å². The lowest BCUT2D eigenvalue weighted by Gasteiger charge is -2.05. The highest BCUT2D eigenvalue weighted by atomic mass is 35.5. The van der Waals surface area contributed by atoms with Gasteiger partial charge < -0.3 is 10.3 Å². The molecule has 0 saturated heterocycles. The molecular formula is C15H9ClF3N3O. The molecule has 0 spiro atoms. The van der Waals surface area contributed by atoms with Crippen LogP contribution in [0, 0.1) is 0 Å². The zero-order valence-corrected chi connectivity index (χ0v) is 12.2. The van der Waals surface area contributed by atoms with Gasteiger partial charge in [-0.25, -0.2) is 4.98 Å². The van der Waals surface area contributed by atoms with E-state index in [1.54, 1.807) is 24.3 Å². The van der Waals surface area contributed by atoms with E-state index in [0.717, 1.165) is 0 Å². The quantitative estimate of drug-likeness (QED) is 0.723. The summed E-state index contributed by atoms with van der Waals surface area (Å²) < 4.78 is 37.9. The summed E-state index contributed by atoms with van der Waals surface area (Å²) in [6.07, 6.45) is -4.56. The van der Waals surface area contributed by atoms with E-state index >= 15 is 0 Å². The van der Waals surface area contributed by atoms with Gasteiger partial charge in [0.25, 0.3) is 5.91 Å². The number of fused-ring (bicyclic) bond motifs is 1. The maximum absolute atomic E-state index is 12.6. The van der Waals surface area contributed by atoms with Crippen molar-refractivity contribution in [1.29, 1.82) is 0 Å². The largest absolute Gasteiger partial charge is 0.449 e. The number of carbonyl (C=O) groups excluding carboxylic acids is 1. The van der Waals surface area contributed by atoms with Gasteiger partial charge >= 0.3 is 6.18 Å². The number of benzene rings is 2. The molecule has 0 unspecified atom stereocenters. The molecule has 0 aliphatic carbocycles. The van der Waals surface area contributed by atoms with Crippen molar-refractivity contribution in [3.05, 3.63) is 58.9 Å². The molecule has 0 radical (unpaired) electrons. The fourth-order valence-corrected chi connectivity index (χ4v) is 2.15. The van der Waals surface area contributed by atoms with Crippen molar-refractivity contribution in [2.45, 2.75) is 6.18 Å². The highest BCUT2D eigenvalue weighted by molar-refractivity contribution is 6.30. The first-order valence-corrected chi connectivity index (χ1v) is 6.84. The summed E-state index contributed by atoms with van der Waals surface area (Å²) in [5, 5.41) is 3.16. The maximum Gasteiger partial charge on any atom is 0.449 e. The van der Waals surface area contributed by atoms with E-state index in [-0.39, 0.29) is 16.6 Å². The van der Waals surface area contributed by atoms with E-state index in [1.165, 1.54) is 18.2 Å². The number of rotatable bonds is 2. The predicted octanol–water partition coefficient (Wildman–Crippen LogP) is 4.49. The fraction of sp³-hybridized carbons (Fsp3) is 0.0667. The molecule has 0 fully saturated rings. The third-order valence-corrected chi connectivity index (χ3v) is 3.37. The van der Waals surface area contributed by atoms with Gasteiger partial charge in [0.1, 0.15) is 0 Å². The van der Waals surface area contributed by atoms with Crippen LogP contribution in [0.5, 0.6) is 0 Å². The Hall–Kier alpha value is -2.54. The average molecular weight is 340 g/mol. The van der Waals surface area contributed by atoms with Crippen LogP contribution in [0.2, 0.25) is 5.02 Å². The van der Waals surface area contributed by atoms with Gasteiger partial charge in [0, 0.05) is 16.3 Å². The minimum Gasteiger partial charge on any atom is -0.334 e. The number of carbonyl (C=O) groups is 1. The molecule has 0 aliphatic heterocycles. The van der Waals surface area contributed by atoms with Crippen LogP contribution in [0.15, 0.2) is 42.5 Å². The second-order valence-corrected chi connectivity index (χ2v) is 5.21. The first-order valence-electron chi connectivity index (χ1n) is 6.47. The Balaban J connectivity index is 1.87. The monoisotopic (exact) mass is 339 g/mol. The van der Waals surface area contributed by atoms with Crippen molar-refractivity contribution in [3.63, 3.8) is 0 Å². The zero-order valence-electron chi connectivity index (χ0n) is 11.4. The number of hydrogen-bond acceptors (Lipinski definition) is 2. The molecule has 0 atom stereocenters. The minimum absolute atomic E-state index is 0.139. The van der Waals surface area contributed by atoms with E-state index in [2.05, 4.69) is 15.3 Å². The van der Waals surface area contributed by atoms with Crippen LogP contribution < -0.4 is 5.32 Å². The molecule has 23 heavy (non-hydrogen) atoms. The molecule has 8 heteroatoms. The Morgan fingerprint density at radius 1 is 1.13 bits per heavy atom. The Morgan fingerprint density at radius 3 is 2.48 bits per heavy atom. The third-order valence-electron chi connectivity index (χ3n) is 3.11. The molecule has 1 aromatic heterocycles. The van der Waals surface area contributed by atoms with E-state index in [1.807, 2.05) is 0 Å². The molecule has 0 aliphatic rings. The summed E-state index contributed by atoms with van der Waals surface area (Å²) in [6.45, 7) is 0. The van der Waals surface area contributed by atoms with E-state index < -0.39 is 17.9 Å². The van der Waals surface area contributed by atoms with Crippen LogP contribution in [0.25, 0.3) is 11.0 Å². The second-order valence-electron chi connectivity index (χ2n) is 4.78. The van der Waals surface area contributed by atoms with Crippen molar-refractivity contribution >= 4 is 34.2 Å². The second kappa shape index (κ2) is 5.58. The number of aromatic amines is 1. The van der Waals surface area contributed by atoms with E-state index in [9.17, 15) is 18.0 Å². The SMILES string of the molecule is O=C(Nc1ccc(Cl)cc1)c1ccc2nc(C(F)(F)F)[nH]c2c1. The highest BCUT2D eigenvalue weighted by Gasteiger charge is 2.34. The lowest BCUT2D eigenvalue weighted by Crippen LogP contribution is -2.11. The van der Waals surface area contributed by atoms with Crippen molar-refractivity contribution in [1.82, 2.24) is 9.97 Å². The average Bonchev–Trinajstić information content (AvgIpc) is 2.92. The normalized spacial score (nSPS) is 11.7. The summed E-state index contributed by atoms with van der Waals surface area (Å²) in [4.78, 5) is 17.8. The number of alkyl halides is 3. The van der Waals surface area contributed by atoms with Crippen LogP contribution in [0.1, 0.15) is 16.2 Å². The molecule has 3 rings (SSSR count). The van der Waals surface area contributed by atoms with Crippen molar-refractivity contribution in [3.8, 4) is 0 Å². The van der Waals surface area contributed by atoms with Crippen LogP contribution in [-0.2, 0) is 6.18 Å². The van der Waals surface area contributed by atoms with E-state index in [4.69, 9.17) is 11.6 Å². The fourth-order valence-electron chi connectivity index (χ4n) is 2.02. The summed E-state index contributed by atoms with van der Waals surface area (Å²) in [6, 6.07) is 10.6. The van der Waals surface area contributed by atoms with Crippen molar-refractivity contribution < 1.29 is 18.0 Å². The van der Waals surface area contributed by atoms with Gasteiger partial charge in [-0.05, 0) is 42.5 Å². The molecule has 0 saturated carbocycles. The third kappa shape index (κ3) is 3.29. The molecule has 4 nitrogen and oxygen atoms in total. The smallest absolute Gasteiger partial charge is 0.334 e. The predicted molar refractivity (Wildman–Crippen MR) is 80.5 cm³/mol. The van der Waals surface area contributed by atoms with Gasteiger partial charge in [-0.2, -0.15) is 13.2 Å². The summed E-state index contributed by atoms with van der Waals surface area (Å²) in [5.41, 5.74) is 1.02. The van der Waals surface area contributed by atoms with Crippen molar-refractivity contribution in [2.24, 2.45) is 0 Å². The number of aromatic nitrogens is 2. The number of anilines is 1. The number of amides is 1. The van der Waals surface area contributed by atoms with Gasteiger partial charge in [0.2, 0.25) is 5.82 Å². The molecule has 118 valence electrons. The molecule has 1 amide bonds. The number of nitrogens with zero attached hydrogens (tertiary/aromatic N) is 1. The lowest BCUT2D eigenvalue weighted by molar-refractivity contribution is -0.144. The van der Waals surface area contributed by atoms with Crippen LogP contribution in [0.4, 0.5) is 18.9 Å². The molecule has 2 aromatic carbocycles. The van der Waals surface area contributed by atoms with Gasteiger partial charge in [-0.1, -0.05) is 11.6 Å². The van der Waals surface area contributed by atoms with E-state index in [0.29, 0.717) is 10.7 Å². The zero-order chi connectivity index (χ0) is 16.6. The summed E-state index contributed by atoms with van der Waals surface area (Å²) in [7, 11) is 0. The number of hydrogen-bond donors (Lipinski definition) is 2. The lowest BCUT2D eigenvalue weighted by atomic mass is 10.2. The molecule has 1 heterocycles. The van der Waals surface area contributed by atoms with Gasteiger partial charge in [0.15, 0.2) is 0 Å². The Kier molecular flexibility index (Phi) is 3.73. The summed E-state index contributed by atoms with van der Waals surface area (Å²) in [5.74, 6) is -1.54. The number of nitrogens with one attached hydrogen (secondary N) is 2. The first kappa shape index (κ1) is 15.4. The number of halogens is 4. The van der Waals surface area contributed by atoms with Gasteiger partial charge in [-0.3, -0.25) is 4.79 Å². The first-order chi connectivity index (χ1) is 10.8. The molecule has 3 aromatic rings. The van der Waals surface area contributed by atoms with Crippen LogP contribution in [-0.4, -0.2) is 15.9 Å². The maximum atomic E-state index is 12.6. The van der Waals surface area contributed by atoms with Crippen LogP contribution in [0.3, 0.4) is 0 Å². The number of imidazole rings is 1. The summed E-state index contributed by atoms with van der Waals surface area (Å²) >= 11 is 5.75. The van der Waals surface area contributed by atoms with Crippen LogP contribution >= 0.6 is 11.6 Å². The molecule has 2 N–H and O–H groups in total. The Morgan fingerprint density at radius 2 is 1.83 bits per heavy atom. The molecular weight excluding hydrogens is 331 g/mol.